The summed E-state index contributed by atoms with van der Waals surface area (Å²) in [6, 6.07) is 0. The first-order valence-corrected chi connectivity index (χ1v) is 13.0. The van der Waals surface area contributed by atoms with E-state index in [0.717, 1.165) is 6.67 Å². The Balaban J connectivity index is 3.05. The predicted molar refractivity (Wildman–Crippen MR) is 129 cm³/mol. The monoisotopic (exact) mass is 396 g/mol. The first-order valence-electron chi connectivity index (χ1n) is 13.0. The molecule has 0 radical (unpaired) electrons. The zero-order valence-electron chi connectivity index (χ0n) is 20.5. The molecule has 170 valence electrons. The summed E-state index contributed by atoms with van der Waals surface area (Å²) in [5, 5.41) is 0. The standard InChI is InChI=1S/C26H56N2/c1-5-6-7-8-9-10-11-12-13-14-15-16-17-18-19-20-21-22-23-24-25-28(4)26-27(2)3/h5-26H2,1-4H3. The molecule has 0 bridgehead atoms. The Morgan fingerprint density at radius 2 is 0.679 bits per heavy atom. The third-order valence-electron chi connectivity index (χ3n) is 5.92. The fourth-order valence-electron chi connectivity index (χ4n) is 4.19. The molecule has 0 spiro atoms. The van der Waals surface area contributed by atoms with Crippen molar-refractivity contribution < 1.29 is 0 Å². The highest BCUT2D eigenvalue weighted by Crippen LogP contribution is 2.14. The van der Waals surface area contributed by atoms with Gasteiger partial charge < -0.3 is 0 Å². The van der Waals surface area contributed by atoms with Gasteiger partial charge in [0.1, 0.15) is 0 Å². The van der Waals surface area contributed by atoms with Gasteiger partial charge in [-0.2, -0.15) is 0 Å². The van der Waals surface area contributed by atoms with E-state index >= 15 is 0 Å². The van der Waals surface area contributed by atoms with Crippen LogP contribution in [-0.4, -0.2) is 44.2 Å². The lowest BCUT2D eigenvalue weighted by molar-refractivity contribution is 0.207. The maximum absolute atomic E-state index is 2.43. The van der Waals surface area contributed by atoms with Gasteiger partial charge in [-0.1, -0.05) is 129 Å². The molecule has 0 aromatic rings. The third kappa shape index (κ3) is 24.0. The highest BCUT2D eigenvalue weighted by atomic mass is 15.3. The van der Waals surface area contributed by atoms with Gasteiger partial charge in [-0.3, -0.25) is 9.80 Å². The smallest absolute Gasteiger partial charge is 0.0497 e. The molecule has 2 nitrogen and oxygen atoms in total. The average molecular weight is 397 g/mol. The van der Waals surface area contributed by atoms with E-state index in [1.54, 1.807) is 0 Å². The summed E-state index contributed by atoms with van der Waals surface area (Å²) >= 11 is 0. The molecule has 0 aliphatic heterocycles. The zero-order valence-corrected chi connectivity index (χ0v) is 20.5. The van der Waals surface area contributed by atoms with Crippen LogP contribution in [0.25, 0.3) is 0 Å². The minimum absolute atomic E-state index is 1.08. The van der Waals surface area contributed by atoms with Gasteiger partial charge in [0.25, 0.3) is 0 Å². The van der Waals surface area contributed by atoms with Crippen LogP contribution in [-0.2, 0) is 0 Å². The van der Waals surface area contributed by atoms with Gasteiger partial charge >= 0.3 is 0 Å². The Hall–Kier alpha value is -0.0800. The second-order valence-corrected chi connectivity index (χ2v) is 9.52. The molecule has 0 heterocycles. The van der Waals surface area contributed by atoms with Gasteiger partial charge in [-0.05, 0) is 34.1 Å². The predicted octanol–water partition coefficient (Wildman–Crippen LogP) is 8.26. The summed E-state index contributed by atoms with van der Waals surface area (Å²) in [5.74, 6) is 0. The van der Waals surface area contributed by atoms with Gasteiger partial charge in [-0.25, -0.2) is 0 Å². The second-order valence-electron chi connectivity index (χ2n) is 9.52. The molecule has 0 amide bonds. The maximum Gasteiger partial charge on any atom is 0.0497 e. The molecule has 0 aromatic heterocycles. The van der Waals surface area contributed by atoms with E-state index in [-0.39, 0.29) is 0 Å². The van der Waals surface area contributed by atoms with Crippen molar-refractivity contribution in [1.82, 2.24) is 9.80 Å². The van der Waals surface area contributed by atoms with Crippen molar-refractivity contribution in [3.8, 4) is 0 Å². The van der Waals surface area contributed by atoms with Crippen molar-refractivity contribution in [2.75, 3.05) is 34.4 Å². The molecule has 28 heavy (non-hydrogen) atoms. The van der Waals surface area contributed by atoms with Crippen molar-refractivity contribution in [2.24, 2.45) is 0 Å². The van der Waals surface area contributed by atoms with Crippen LogP contribution < -0.4 is 0 Å². The summed E-state index contributed by atoms with van der Waals surface area (Å²) in [5.41, 5.74) is 0. The Morgan fingerprint density at radius 3 is 0.964 bits per heavy atom. The second kappa shape index (κ2) is 23.2. The third-order valence-corrected chi connectivity index (χ3v) is 5.92. The summed E-state index contributed by atoms with van der Waals surface area (Å²) in [4.78, 5) is 4.67. The fourth-order valence-corrected chi connectivity index (χ4v) is 4.19. The summed E-state index contributed by atoms with van der Waals surface area (Å²) < 4.78 is 0. The van der Waals surface area contributed by atoms with Crippen LogP contribution in [0.5, 0.6) is 0 Å². The number of rotatable bonds is 23. The SMILES string of the molecule is CCCCCCCCCCCCCCCCCCCCCCN(C)CN(C)C. The number of hydrogen-bond acceptors (Lipinski definition) is 2. The van der Waals surface area contributed by atoms with E-state index in [1.807, 2.05) is 0 Å². The zero-order chi connectivity index (χ0) is 20.7. The maximum atomic E-state index is 2.43. The lowest BCUT2D eigenvalue weighted by Crippen LogP contribution is -2.30. The molecule has 0 aromatic carbocycles. The number of unbranched alkanes of at least 4 members (excludes halogenated alkanes) is 19. The molecule has 0 fully saturated rings. The molecule has 2 heteroatoms. The number of hydrogen-bond donors (Lipinski definition) is 0. The van der Waals surface area contributed by atoms with Gasteiger partial charge in [0.2, 0.25) is 0 Å². The largest absolute Gasteiger partial charge is 0.297 e. The minimum atomic E-state index is 1.08. The van der Waals surface area contributed by atoms with E-state index < -0.39 is 0 Å². The number of nitrogens with zero attached hydrogens (tertiary/aromatic N) is 2. The van der Waals surface area contributed by atoms with Crippen LogP contribution in [0.1, 0.15) is 135 Å². The topological polar surface area (TPSA) is 6.48 Å². The summed E-state index contributed by atoms with van der Waals surface area (Å²) in [6.07, 6.45) is 29.2. The molecule has 0 N–H and O–H groups in total. The Bertz CT molecular complexity index is 278. The van der Waals surface area contributed by atoms with Gasteiger partial charge in [0.15, 0.2) is 0 Å². The van der Waals surface area contributed by atoms with Crippen LogP contribution in [0, 0.1) is 0 Å². The van der Waals surface area contributed by atoms with Crippen LogP contribution in [0.15, 0.2) is 0 Å². The van der Waals surface area contributed by atoms with Crippen molar-refractivity contribution in [3.05, 3.63) is 0 Å². The highest BCUT2D eigenvalue weighted by molar-refractivity contribution is 4.53. The van der Waals surface area contributed by atoms with Crippen LogP contribution >= 0.6 is 0 Å². The molecular formula is C26H56N2. The van der Waals surface area contributed by atoms with Crippen molar-refractivity contribution in [1.29, 1.82) is 0 Å². The molecule has 0 saturated heterocycles. The normalized spacial score (nSPS) is 11.8. The minimum Gasteiger partial charge on any atom is -0.297 e. The Kier molecular flexibility index (Phi) is 23.1. The first kappa shape index (κ1) is 27.9. The average Bonchev–Trinajstić information content (AvgIpc) is 2.66. The molecular weight excluding hydrogens is 340 g/mol. The fraction of sp³-hybridized carbons (Fsp3) is 1.00. The van der Waals surface area contributed by atoms with E-state index in [2.05, 4.69) is 37.9 Å². The Labute approximate surface area is 179 Å². The van der Waals surface area contributed by atoms with Crippen LogP contribution in [0.3, 0.4) is 0 Å². The molecule has 0 atom stereocenters. The molecule has 0 aliphatic carbocycles. The lowest BCUT2D eigenvalue weighted by atomic mass is 10.0. The van der Waals surface area contributed by atoms with E-state index in [1.165, 1.54) is 135 Å². The van der Waals surface area contributed by atoms with Crippen molar-refractivity contribution in [3.63, 3.8) is 0 Å². The van der Waals surface area contributed by atoms with E-state index in [0.29, 0.717) is 0 Å². The van der Waals surface area contributed by atoms with Crippen molar-refractivity contribution >= 4 is 0 Å². The molecule has 0 unspecified atom stereocenters. The summed E-state index contributed by atoms with van der Waals surface area (Å²) in [6.45, 7) is 4.63. The highest BCUT2D eigenvalue weighted by Gasteiger charge is 1.99. The van der Waals surface area contributed by atoms with Crippen LogP contribution in [0.4, 0.5) is 0 Å². The molecule has 0 rings (SSSR count). The quantitative estimate of drug-likeness (QED) is 0.127. The van der Waals surface area contributed by atoms with E-state index in [4.69, 9.17) is 0 Å². The van der Waals surface area contributed by atoms with Gasteiger partial charge in [0.05, 0.1) is 0 Å². The lowest BCUT2D eigenvalue weighted by Gasteiger charge is -2.20. The van der Waals surface area contributed by atoms with E-state index in [9.17, 15) is 0 Å². The van der Waals surface area contributed by atoms with Crippen LogP contribution in [0.2, 0.25) is 0 Å². The Morgan fingerprint density at radius 1 is 0.393 bits per heavy atom. The molecule has 0 aliphatic rings. The van der Waals surface area contributed by atoms with Gasteiger partial charge in [-0.15, -0.1) is 0 Å². The van der Waals surface area contributed by atoms with Gasteiger partial charge in [0, 0.05) is 6.67 Å². The molecule has 0 saturated carbocycles. The first-order chi connectivity index (χ1) is 13.7. The van der Waals surface area contributed by atoms with Crippen molar-refractivity contribution in [2.45, 2.75) is 135 Å². The summed E-state index contributed by atoms with van der Waals surface area (Å²) in [7, 11) is 6.52.